The molecule has 0 atom stereocenters. The lowest BCUT2D eigenvalue weighted by Crippen LogP contribution is -2.38. The minimum atomic E-state index is -0.0581. The van der Waals surface area contributed by atoms with Gasteiger partial charge in [0.2, 0.25) is 0 Å². The molecule has 0 aliphatic carbocycles. The maximum atomic E-state index is 11.9. The van der Waals surface area contributed by atoms with Crippen LogP contribution in [0.1, 0.15) is 37.2 Å². The van der Waals surface area contributed by atoms with E-state index >= 15 is 0 Å². The van der Waals surface area contributed by atoms with Gasteiger partial charge in [0.1, 0.15) is 5.69 Å². The minimum Gasteiger partial charge on any atom is -0.350 e. The smallest absolute Gasteiger partial charge is 0.269 e. The van der Waals surface area contributed by atoms with Gasteiger partial charge in [-0.2, -0.15) is 5.10 Å². The molecule has 1 N–H and O–H groups in total. The Morgan fingerprint density at radius 1 is 1.53 bits per heavy atom. The van der Waals surface area contributed by atoms with Crippen molar-refractivity contribution in [3.8, 4) is 0 Å². The molecule has 1 aromatic rings. The largest absolute Gasteiger partial charge is 0.350 e. The van der Waals surface area contributed by atoms with Crippen LogP contribution < -0.4 is 5.32 Å². The molecule has 0 bridgehead atoms. The number of hydrogen-bond acceptors (Lipinski definition) is 2. The van der Waals surface area contributed by atoms with Crippen LogP contribution in [0.3, 0.4) is 0 Å². The van der Waals surface area contributed by atoms with Gasteiger partial charge in [0.05, 0.1) is 0 Å². The van der Waals surface area contributed by atoms with Crippen LogP contribution in [0, 0.1) is 5.41 Å². The fraction of sp³-hybridized carbons (Fsp3) is 0.667. The zero-order valence-corrected chi connectivity index (χ0v) is 12.2. The zero-order chi connectivity index (χ0) is 12.9. The van der Waals surface area contributed by atoms with Crippen LogP contribution in [-0.2, 0) is 7.05 Å². The molecular weight excluding hydrogens is 282 g/mol. The molecule has 0 saturated heterocycles. The maximum absolute atomic E-state index is 11.9. The number of carbonyl (C=O) groups excluding carboxylic acids is 1. The second-order valence-corrected chi connectivity index (χ2v) is 4.92. The molecule has 1 amide bonds. The molecule has 0 aliphatic heterocycles. The molecule has 4 nitrogen and oxygen atoms in total. The lowest BCUT2D eigenvalue weighted by molar-refractivity contribution is 0.0923. The van der Waals surface area contributed by atoms with Crippen molar-refractivity contribution in [3.05, 3.63) is 18.0 Å². The Bertz CT molecular complexity index is 363. The van der Waals surface area contributed by atoms with E-state index in [2.05, 4.69) is 40.2 Å². The highest BCUT2D eigenvalue weighted by Gasteiger charge is 2.25. The fourth-order valence-electron chi connectivity index (χ4n) is 1.69. The molecule has 0 radical (unpaired) electrons. The standard InChI is InChI=1S/C12H20BrN3O/c1-4-12(5-2,8-13)9-14-11(17)10-6-7-15-16(10)3/h6-7H,4-5,8-9H2,1-3H3,(H,14,17). The number of aromatic nitrogens is 2. The molecule has 1 heterocycles. The first-order chi connectivity index (χ1) is 8.08. The topological polar surface area (TPSA) is 46.9 Å². The van der Waals surface area contributed by atoms with Crippen molar-refractivity contribution in [3.63, 3.8) is 0 Å². The van der Waals surface area contributed by atoms with Crippen molar-refractivity contribution >= 4 is 21.8 Å². The fourth-order valence-corrected chi connectivity index (χ4v) is 2.68. The third kappa shape index (κ3) is 3.31. The first-order valence-electron chi connectivity index (χ1n) is 5.90. The predicted octanol–water partition coefficient (Wildman–Crippen LogP) is 2.35. The molecule has 0 fully saturated rings. The van der Waals surface area contributed by atoms with Crippen LogP contribution in [0.4, 0.5) is 0 Å². The lowest BCUT2D eigenvalue weighted by Gasteiger charge is -2.29. The number of carbonyl (C=O) groups is 1. The Balaban J connectivity index is 2.62. The van der Waals surface area contributed by atoms with Gasteiger partial charge in [0, 0.05) is 25.1 Å². The first-order valence-corrected chi connectivity index (χ1v) is 7.03. The number of halogens is 1. The molecule has 0 saturated carbocycles. The number of hydrogen-bond donors (Lipinski definition) is 1. The predicted molar refractivity (Wildman–Crippen MR) is 72.4 cm³/mol. The molecule has 5 heteroatoms. The SMILES string of the molecule is CCC(CC)(CBr)CNC(=O)c1ccnn1C. The first kappa shape index (κ1) is 14.2. The highest BCUT2D eigenvalue weighted by molar-refractivity contribution is 9.09. The maximum Gasteiger partial charge on any atom is 0.269 e. The summed E-state index contributed by atoms with van der Waals surface area (Å²) in [6.07, 6.45) is 3.72. The third-order valence-corrected chi connectivity index (χ3v) is 4.65. The summed E-state index contributed by atoms with van der Waals surface area (Å²) in [5.74, 6) is -0.0581. The molecule has 1 aromatic heterocycles. The monoisotopic (exact) mass is 301 g/mol. The Labute approximate surface area is 111 Å². The van der Waals surface area contributed by atoms with E-state index in [0.29, 0.717) is 12.2 Å². The van der Waals surface area contributed by atoms with Crippen LogP contribution in [0.2, 0.25) is 0 Å². The molecule has 0 spiro atoms. The normalized spacial score (nSPS) is 11.5. The van der Waals surface area contributed by atoms with Crippen LogP contribution in [0.25, 0.3) is 0 Å². The summed E-state index contributed by atoms with van der Waals surface area (Å²) in [6.45, 7) is 5.00. The quantitative estimate of drug-likeness (QED) is 0.820. The third-order valence-electron chi connectivity index (χ3n) is 3.46. The summed E-state index contributed by atoms with van der Waals surface area (Å²) >= 11 is 3.54. The Morgan fingerprint density at radius 2 is 2.18 bits per heavy atom. The van der Waals surface area contributed by atoms with E-state index in [4.69, 9.17) is 0 Å². The van der Waals surface area contributed by atoms with Gasteiger partial charge < -0.3 is 5.32 Å². The molecule has 0 unspecified atom stereocenters. The highest BCUT2D eigenvalue weighted by atomic mass is 79.9. The number of rotatable bonds is 6. The summed E-state index contributed by atoms with van der Waals surface area (Å²) in [7, 11) is 1.77. The van der Waals surface area contributed by atoms with Gasteiger partial charge in [0.15, 0.2) is 0 Å². The van der Waals surface area contributed by atoms with Crippen molar-refractivity contribution in [2.75, 3.05) is 11.9 Å². The van der Waals surface area contributed by atoms with E-state index in [1.54, 1.807) is 24.0 Å². The van der Waals surface area contributed by atoms with Crippen LogP contribution in [0.15, 0.2) is 12.3 Å². The van der Waals surface area contributed by atoms with Gasteiger partial charge in [-0.1, -0.05) is 29.8 Å². The van der Waals surface area contributed by atoms with Crippen molar-refractivity contribution < 1.29 is 4.79 Å². The van der Waals surface area contributed by atoms with Crippen molar-refractivity contribution in [1.29, 1.82) is 0 Å². The Kier molecular flexibility index (Phi) is 5.18. The van der Waals surface area contributed by atoms with Gasteiger partial charge in [-0.3, -0.25) is 9.48 Å². The lowest BCUT2D eigenvalue weighted by atomic mass is 9.84. The van der Waals surface area contributed by atoms with E-state index in [-0.39, 0.29) is 11.3 Å². The summed E-state index contributed by atoms with van der Waals surface area (Å²) in [5, 5.41) is 7.88. The number of alkyl halides is 1. The summed E-state index contributed by atoms with van der Waals surface area (Å²) < 4.78 is 1.59. The van der Waals surface area contributed by atoms with Gasteiger partial charge in [-0.25, -0.2) is 0 Å². The number of aryl methyl sites for hydroxylation is 1. The number of amides is 1. The van der Waals surface area contributed by atoms with Crippen molar-refractivity contribution in [2.24, 2.45) is 12.5 Å². The highest BCUT2D eigenvalue weighted by Crippen LogP contribution is 2.27. The van der Waals surface area contributed by atoms with E-state index < -0.39 is 0 Å². The number of nitrogens with zero attached hydrogens (tertiary/aromatic N) is 2. The van der Waals surface area contributed by atoms with Crippen LogP contribution >= 0.6 is 15.9 Å². The molecule has 0 aromatic carbocycles. The second-order valence-electron chi connectivity index (χ2n) is 4.36. The van der Waals surface area contributed by atoms with Gasteiger partial charge in [-0.15, -0.1) is 0 Å². The van der Waals surface area contributed by atoms with Crippen molar-refractivity contribution in [2.45, 2.75) is 26.7 Å². The Hall–Kier alpha value is -0.840. The van der Waals surface area contributed by atoms with Gasteiger partial charge >= 0.3 is 0 Å². The van der Waals surface area contributed by atoms with Crippen molar-refractivity contribution in [1.82, 2.24) is 15.1 Å². The van der Waals surface area contributed by atoms with Crippen LogP contribution in [0.5, 0.6) is 0 Å². The molecular formula is C12H20BrN3O. The van der Waals surface area contributed by atoms with E-state index in [0.717, 1.165) is 18.2 Å². The average molecular weight is 302 g/mol. The summed E-state index contributed by atoms with van der Waals surface area (Å²) in [4.78, 5) is 11.9. The Morgan fingerprint density at radius 3 is 2.59 bits per heavy atom. The van der Waals surface area contributed by atoms with E-state index in [1.165, 1.54) is 0 Å². The van der Waals surface area contributed by atoms with Gasteiger partial charge in [-0.05, 0) is 24.3 Å². The second kappa shape index (κ2) is 6.19. The van der Waals surface area contributed by atoms with E-state index in [9.17, 15) is 4.79 Å². The summed E-state index contributed by atoms with van der Waals surface area (Å²) in [5.41, 5.74) is 0.745. The summed E-state index contributed by atoms with van der Waals surface area (Å²) in [6, 6.07) is 1.73. The van der Waals surface area contributed by atoms with Crippen LogP contribution in [-0.4, -0.2) is 27.6 Å². The van der Waals surface area contributed by atoms with E-state index in [1.807, 2.05) is 0 Å². The molecule has 1 rings (SSSR count). The molecule has 0 aliphatic rings. The molecule has 17 heavy (non-hydrogen) atoms. The number of nitrogens with one attached hydrogen (secondary N) is 1. The zero-order valence-electron chi connectivity index (χ0n) is 10.7. The average Bonchev–Trinajstić information content (AvgIpc) is 2.78. The van der Waals surface area contributed by atoms with Gasteiger partial charge in [0.25, 0.3) is 5.91 Å². The minimum absolute atomic E-state index is 0.0581. The molecule has 96 valence electrons.